The Labute approximate surface area is 231 Å². The van der Waals surface area contributed by atoms with Crippen molar-refractivity contribution < 1.29 is 27.9 Å². The van der Waals surface area contributed by atoms with E-state index >= 15 is 0 Å². The summed E-state index contributed by atoms with van der Waals surface area (Å²) >= 11 is 0. The Balaban J connectivity index is 1.37. The van der Waals surface area contributed by atoms with Crippen LogP contribution in [0.1, 0.15) is 66.8 Å². The molecule has 2 aromatic carbocycles. The molecule has 3 aliphatic rings. The molecule has 2 fully saturated rings. The normalized spacial score (nSPS) is 18.9. The number of para-hydroxylation sites is 1. The van der Waals surface area contributed by atoms with Crippen molar-refractivity contribution in [2.24, 2.45) is 5.92 Å². The molecule has 9 heteroatoms. The van der Waals surface area contributed by atoms with E-state index in [0.29, 0.717) is 19.0 Å². The van der Waals surface area contributed by atoms with Crippen LogP contribution >= 0.6 is 0 Å². The first-order valence-electron chi connectivity index (χ1n) is 14.3. The molecule has 3 heterocycles. The van der Waals surface area contributed by atoms with Crippen molar-refractivity contribution in [1.29, 1.82) is 0 Å². The molecule has 6 nitrogen and oxygen atoms in total. The Kier molecular flexibility index (Phi) is 7.00. The Morgan fingerprint density at radius 1 is 0.900 bits per heavy atom. The minimum Gasteiger partial charge on any atom is -0.478 e. The molecule has 40 heavy (non-hydrogen) atoms. The molecule has 1 N–H and O–H groups in total. The van der Waals surface area contributed by atoms with Crippen LogP contribution in [0.2, 0.25) is 0 Å². The van der Waals surface area contributed by atoms with Gasteiger partial charge in [-0.3, -0.25) is 4.79 Å². The maximum atomic E-state index is 13.3. The van der Waals surface area contributed by atoms with Crippen LogP contribution in [0.15, 0.2) is 42.5 Å². The lowest BCUT2D eigenvalue weighted by molar-refractivity contribution is -0.186. The molecule has 1 amide bonds. The number of halogens is 3. The standard InChI is InChI=1S/C31H34F3N3O3/c32-31(33,34)22-12-14-35(15-13-22)27(38)19-36-16-17-37-26-18-21(30(39)40)10-11-23(26)28(20-6-2-1-3-7-20)29(37)24-8-4-5-9-25(24)36/h4-5,8-11,18,20,22H,1-3,6-7,12-17,19H2,(H,39,40). The molecule has 1 saturated heterocycles. The smallest absolute Gasteiger partial charge is 0.391 e. The van der Waals surface area contributed by atoms with Crippen molar-refractivity contribution in [2.45, 2.75) is 63.6 Å². The summed E-state index contributed by atoms with van der Waals surface area (Å²) in [6, 6.07) is 13.4. The predicted octanol–water partition coefficient (Wildman–Crippen LogP) is 6.68. The number of carbonyl (C=O) groups is 2. The maximum absolute atomic E-state index is 13.3. The van der Waals surface area contributed by atoms with Crippen LogP contribution in [-0.4, -0.2) is 58.8 Å². The zero-order chi connectivity index (χ0) is 28.0. The lowest BCUT2D eigenvalue weighted by Gasteiger charge is -2.34. The number of rotatable bonds is 4. The molecular formula is C31H34F3N3O3. The topological polar surface area (TPSA) is 65.8 Å². The molecule has 1 aliphatic carbocycles. The van der Waals surface area contributed by atoms with Crippen molar-refractivity contribution in [3.05, 3.63) is 53.6 Å². The predicted molar refractivity (Wildman–Crippen MR) is 148 cm³/mol. The van der Waals surface area contributed by atoms with E-state index in [1.54, 1.807) is 17.0 Å². The number of hydrogen-bond donors (Lipinski definition) is 1. The second-order valence-corrected chi connectivity index (χ2v) is 11.4. The molecule has 6 rings (SSSR count). The third-order valence-corrected chi connectivity index (χ3v) is 9.09. The number of alkyl halides is 3. The molecule has 0 radical (unpaired) electrons. The van der Waals surface area contributed by atoms with Crippen LogP contribution in [-0.2, 0) is 11.3 Å². The molecule has 3 aromatic rings. The van der Waals surface area contributed by atoms with Gasteiger partial charge < -0.3 is 19.5 Å². The van der Waals surface area contributed by atoms with Crippen molar-refractivity contribution in [3.63, 3.8) is 0 Å². The second kappa shape index (κ2) is 10.5. The van der Waals surface area contributed by atoms with Gasteiger partial charge in [-0.2, -0.15) is 13.2 Å². The number of aromatic carboxylic acids is 1. The molecule has 0 bridgehead atoms. The van der Waals surface area contributed by atoms with Gasteiger partial charge in [-0.15, -0.1) is 0 Å². The first-order valence-corrected chi connectivity index (χ1v) is 14.3. The Hall–Kier alpha value is -3.49. The number of piperidine rings is 1. The van der Waals surface area contributed by atoms with Gasteiger partial charge in [-0.05, 0) is 55.4 Å². The van der Waals surface area contributed by atoms with Crippen LogP contribution in [0.3, 0.4) is 0 Å². The number of hydrogen-bond acceptors (Lipinski definition) is 3. The molecular weight excluding hydrogens is 519 g/mol. The molecule has 0 unspecified atom stereocenters. The monoisotopic (exact) mass is 553 g/mol. The fraction of sp³-hybridized carbons (Fsp3) is 0.484. The quantitative estimate of drug-likeness (QED) is 0.392. The SMILES string of the molecule is O=C(O)c1ccc2c(C3CCCCC3)c3n(c2c1)CCN(CC(=O)N1CCC(C(F)(F)F)CC1)c1ccccc1-3. The lowest BCUT2D eigenvalue weighted by atomic mass is 9.81. The highest BCUT2D eigenvalue weighted by Crippen LogP contribution is 2.47. The Morgan fingerprint density at radius 3 is 2.33 bits per heavy atom. The number of carboxylic acid groups (broad SMARTS) is 1. The van der Waals surface area contributed by atoms with Crippen molar-refractivity contribution in [1.82, 2.24) is 9.47 Å². The molecule has 0 atom stereocenters. The summed E-state index contributed by atoms with van der Waals surface area (Å²) in [5.74, 6) is -2.09. The van der Waals surface area contributed by atoms with Gasteiger partial charge in [-0.25, -0.2) is 4.79 Å². The largest absolute Gasteiger partial charge is 0.478 e. The molecule has 1 saturated carbocycles. The van der Waals surface area contributed by atoms with E-state index in [1.165, 1.54) is 12.0 Å². The van der Waals surface area contributed by atoms with E-state index in [-0.39, 0.29) is 43.9 Å². The summed E-state index contributed by atoms with van der Waals surface area (Å²) in [6.07, 6.45) is 1.40. The summed E-state index contributed by atoms with van der Waals surface area (Å²) in [7, 11) is 0. The summed E-state index contributed by atoms with van der Waals surface area (Å²) < 4.78 is 41.7. The van der Waals surface area contributed by atoms with Gasteiger partial charge in [0, 0.05) is 48.3 Å². The first-order chi connectivity index (χ1) is 19.2. The summed E-state index contributed by atoms with van der Waals surface area (Å²) in [6.45, 7) is 1.43. The van der Waals surface area contributed by atoms with Crippen molar-refractivity contribution >= 4 is 28.5 Å². The third kappa shape index (κ3) is 4.84. The zero-order valence-corrected chi connectivity index (χ0v) is 22.4. The number of benzene rings is 2. The van der Waals surface area contributed by atoms with Crippen LogP contribution in [0.5, 0.6) is 0 Å². The summed E-state index contributed by atoms with van der Waals surface area (Å²) in [5.41, 5.74) is 5.44. The van der Waals surface area contributed by atoms with E-state index in [0.717, 1.165) is 53.5 Å². The fourth-order valence-corrected chi connectivity index (χ4v) is 7.01. The number of anilines is 1. The number of fused-ring (bicyclic) bond motifs is 5. The zero-order valence-electron chi connectivity index (χ0n) is 22.4. The van der Waals surface area contributed by atoms with E-state index < -0.39 is 18.1 Å². The highest BCUT2D eigenvalue weighted by atomic mass is 19.4. The van der Waals surface area contributed by atoms with E-state index in [9.17, 15) is 27.9 Å². The number of amides is 1. The average Bonchev–Trinajstić information content (AvgIpc) is 3.19. The van der Waals surface area contributed by atoms with Crippen molar-refractivity contribution in [3.8, 4) is 11.3 Å². The second-order valence-electron chi connectivity index (χ2n) is 11.4. The molecule has 1 aromatic heterocycles. The lowest BCUT2D eigenvalue weighted by Crippen LogP contribution is -2.46. The van der Waals surface area contributed by atoms with Gasteiger partial charge in [0.2, 0.25) is 5.91 Å². The Morgan fingerprint density at radius 2 is 1.62 bits per heavy atom. The number of carbonyl (C=O) groups excluding carboxylic acids is 1. The van der Waals surface area contributed by atoms with Gasteiger partial charge in [0.25, 0.3) is 0 Å². The first kappa shape index (κ1) is 26.7. The van der Waals surface area contributed by atoms with Crippen LogP contribution < -0.4 is 4.90 Å². The molecule has 212 valence electrons. The minimum absolute atomic E-state index is 0.0556. The summed E-state index contributed by atoms with van der Waals surface area (Å²) in [5, 5.41) is 10.8. The number of carboxylic acids is 1. The maximum Gasteiger partial charge on any atom is 0.391 e. The van der Waals surface area contributed by atoms with Crippen LogP contribution in [0.4, 0.5) is 18.9 Å². The average molecular weight is 554 g/mol. The van der Waals surface area contributed by atoms with Crippen molar-refractivity contribution in [2.75, 3.05) is 31.1 Å². The number of nitrogens with zero attached hydrogens (tertiary/aromatic N) is 3. The highest BCUT2D eigenvalue weighted by Gasteiger charge is 2.42. The van der Waals surface area contributed by atoms with E-state index in [4.69, 9.17) is 0 Å². The third-order valence-electron chi connectivity index (χ3n) is 9.09. The number of likely N-dealkylation sites (tertiary alicyclic amines) is 1. The summed E-state index contributed by atoms with van der Waals surface area (Å²) in [4.78, 5) is 28.8. The van der Waals surface area contributed by atoms with Crippen LogP contribution in [0, 0.1) is 5.92 Å². The molecule has 0 spiro atoms. The van der Waals surface area contributed by atoms with Gasteiger partial charge in [0.05, 0.1) is 23.7 Å². The van der Waals surface area contributed by atoms with Crippen LogP contribution in [0.25, 0.3) is 22.2 Å². The molecule has 2 aliphatic heterocycles. The van der Waals surface area contributed by atoms with Gasteiger partial charge in [-0.1, -0.05) is 43.5 Å². The highest BCUT2D eigenvalue weighted by molar-refractivity contribution is 6.00. The number of aromatic nitrogens is 1. The fourth-order valence-electron chi connectivity index (χ4n) is 7.01. The van der Waals surface area contributed by atoms with Gasteiger partial charge in [0.15, 0.2) is 0 Å². The minimum atomic E-state index is -4.22. The van der Waals surface area contributed by atoms with Gasteiger partial charge in [0.1, 0.15) is 0 Å². The van der Waals surface area contributed by atoms with E-state index in [2.05, 4.69) is 10.6 Å². The Bertz CT molecular complexity index is 1430. The van der Waals surface area contributed by atoms with E-state index in [1.807, 2.05) is 29.2 Å². The van der Waals surface area contributed by atoms with Gasteiger partial charge >= 0.3 is 12.1 Å².